The van der Waals surface area contributed by atoms with Crippen molar-refractivity contribution in [1.82, 2.24) is 4.98 Å². The molecule has 0 radical (unpaired) electrons. The number of nitrogens with zero attached hydrogens (tertiary/aromatic N) is 2. The van der Waals surface area contributed by atoms with E-state index in [1.165, 1.54) is 0 Å². The maximum atomic E-state index is 9.33. The first-order chi connectivity index (χ1) is 8.28. The molecule has 0 saturated carbocycles. The largest absolute Gasteiger partial charge is 0.395 e. The minimum Gasteiger partial charge on any atom is -0.395 e. The molecule has 0 unspecified atom stereocenters. The smallest absolute Gasteiger partial charge is 0.0717 e. The number of aromatic nitrogens is 1. The highest BCUT2D eigenvalue weighted by atomic mass is 16.3. The van der Waals surface area contributed by atoms with Crippen LogP contribution in [-0.2, 0) is 6.61 Å². The molecule has 0 aliphatic rings. The molecule has 0 atom stereocenters. The Bertz CT molecular complexity index is 327. The third-order valence-electron chi connectivity index (χ3n) is 3.08. The van der Waals surface area contributed by atoms with Gasteiger partial charge in [0.15, 0.2) is 0 Å². The van der Waals surface area contributed by atoms with Gasteiger partial charge in [0.2, 0.25) is 0 Å². The van der Waals surface area contributed by atoms with E-state index in [4.69, 9.17) is 0 Å². The Morgan fingerprint density at radius 1 is 1.29 bits per heavy atom. The van der Waals surface area contributed by atoms with Gasteiger partial charge in [0.05, 0.1) is 13.2 Å². The zero-order valence-electron chi connectivity index (χ0n) is 10.6. The second kappa shape index (κ2) is 7.25. The van der Waals surface area contributed by atoms with Crippen LogP contribution in [0.3, 0.4) is 0 Å². The lowest BCUT2D eigenvalue weighted by atomic mass is 10.1. The average Bonchev–Trinajstić information content (AvgIpc) is 2.39. The molecule has 0 fully saturated rings. The Labute approximate surface area is 103 Å². The molecule has 1 rings (SSSR count). The van der Waals surface area contributed by atoms with E-state index in [9.17, 15) is 10.2 Å². The van der Waals surface area contributed by atoms with Gasteiger partial charge in [-0.15, -0.1) is 0 Å². The first kappa shape index (κ1) is 13.9. The summed E-state index contributed by atoms with van der Waals surface area (Å²) < 4.78 is 0. The SMILES string of the molecule is CCC(CC)N(CCO)c1ccncc1CO. The minimum atomic E-state index is -0.0226. The highest BCUT2D eigenvalue weighted by Crippen LogP contribution is 2.23. The van der Waals surface area contributed by atoms with Crippen LogP contribution in [0.15, 0.2) is 18.5 Å². The first-order valence-corrected chi connectivity index (χ1v) is 6.19. The van der Waals surface area contributed by atoms with Crippen molar-refractivity contribution in [2.24, 2.45) is 0 Å². The van der Waals surface area contributed by atoms with Crippen molar-refractivity contribution in [3.8, 4) is 0 Å². The molecule has 4 nitrogen and oxygen atoms in total. The zero-order valence-corrected chi connectivity index (χ0v) is 10.6. The van der Waals surface area contributed by atoms with Crippen molar-refractivity contribution in [2.45, 2.75) is 39.3 Å². The quantitative estimate of drug-likeness (QED) is 0.757. The summed E-state index contributed by atoms with van der Waals surface area (Å²) in [5.41, 5.74) is 1.79. The highest BCUT2D eigenvalue weighted by Gasteiger charge is 2.17. The highest BCUT2D eigenvalue weighted by molar-refractivity contribution is 5.52. The molecule has 0 aromatic carbocycles. The van der Waals surface area contributed by atoms with E-state index >= 15 is 0 Å². The molecule has 0 spiro atoms. The van der Waals surface area contributed by atoms with Crippen LogP contribution in [0.1, 0.15) is 32.3 Å². The van der Waals surface area contributed by atoms with Gasteiger partial charge in [-0.3, -0.25) is 4.98 Å². The van der Waals surface area contributed by atoms with Crippen LogP contribution in [0, 0.1) is 0 Å². The van der Waals surface area contributed by atoms with E-state index in [1.54, 1.807) is 12.4 Å². The Morgan fingerprint density at radius 2 is 2.00 bits per heavy atom. The molecule has 17 heavy (non-hydrogen) atoms. The third-order valence-corrected chi connectivity index (χ3v) is 3.08. The molecular formula is C13H22N2O2. The number of hydrogen-bond acceptors (Lipinski definition) is 4. The molecule has 1 aromatic heterocycles. The van der Waals surface area contributed by atoms with E-state index in [0.717, 1.165) is 24.1 Å². The number of anilines is 1. The predicted molar refractivity (Wildman–Crippen MR) is 69.0 cm³/mol. The summed E-state index contributed by atoms with van der Waals surface area (Å²) in [6.07, 6.45) is 5.44. The van der Waals surface area contributed by atoms with Crippen LogP contribution < -0.4 is 4.90 Å². The van der Waals surface area contributed by atoms with Crippen LogP contribution in [0.25, 0.3) is 0 Å². The summed E-state index contributed by atoms with van der Waals surface area (Å²) in [5.74, 6) is 0. The Hall–Kier alpha value is -1.13. The van der Waals surface area contributed by atoms with Crippen molar-refractivity contribution < 1.29 is 10.2 Å². The topological polar surface area (TPSA) is 56.6 Å². The van der Waals surface area contributed by atoms with Gasteiger partial charge in [0, 0.05) is 36.2 Å². The molecule has 1 aromatic rings. The number of hydrogen-bond donors (Lipinski definition) is 2. The fraction of sp³-hybridized carbons (Fsp3) is 0.615. The van der Waals surface area contributed by atoms with E-state index in [1.807, 2.05) is 6.07 Å². The second-order valence-electron chi connectivity index (χ2n) is 4.05. The van der Waals surface area contributed by atoms with E-state index in [2.05, 4.69) is 23.7 Å². The van der Waals surface area contributed by atoms with E-state index < -0.39 is 0 Å². The summed E-state index contributed by atoms with van der Waals surface area (Å²) in [6.45, 7) is 4.95. The molecule has 96 valence electrons. The van der Waals surface area contributed by atoms with Gasteiger partial charge in [-0.05, 0) is 18.9 Å². The number of pyridine rings is 1. The van der Waals surface area contributed by atoms with Crippen LogP contribution in [0.4, 0.5) is 5.69 Å². The summed E-state index contributed by atoms with van der Waals surface area (Å²) in [4.78, 5) is 6.18. The average molecular weight is 238 g/mol. The van der Waals surface area contributed by atoms with Crippen LogP contribution in [0.2, 0.25) is 0 Å². The Balaban J connectivity index is 3.03. The van der Waals surface area contributed by atoms with Crippen molar-refractivity contribution in [3.05, 3.63) is 24.0 Å². The van der Waals surface area contributed by atoms with Crippen molar-refractivity contribution >= 4 is 5.69 Å². The number of aliphatic hydroxyl groups excluding tert-OH is 2. The Morgan fingerprint density at radius 3 is 2.53 bits per heavy atom. The molecule has 0 bridgehead atoms. The zero-order chi connectivity index (χ0) is 12.7. The van der Waals surface area contributed by atoms with Gasteiger partial charge in [-0.2, -0.15) is 0 Å². The van der Waals surface area contributed by atoms with Crippen molar-refractivity contribution in [1.29, 1.82) is 0 Å². The van der Waals surface area contributed by atoms with Gasteiger partial charge in [-0.1, -0.05) is 13.8 Å². The third kappa shape index (κ3) is 3.41. The normalized spacial score (nSPS) is 10.9. The number of aliphatic hydroxyl groups is 2. The summed E-state index contributed by atoms with van der Waals surface area (Å²) in [5, 5.41) is 18.5. The fourth-order valence-corrected chi connectivity index (χ4v) is 2.16. The predicted octanol–water partition coefficient (Wildman–Crippen LogP) is 1.56. The standard InChI is InChI=1S/C13H22N2O2/c1-3-12(4-2)15(7-8-16)13-5-6-14-9-11(13)10-17/h5-6,9,12,16-17H,3-4,7-8,10H2,1-2H3. The fourth-order valence-electron chi connectivity index (χ4n) is 2.16. The Kier molecular flexibility index (Phi) is 5.94. The van der Waals surface area contributed by atoms with Crippen LogP contribution in [-0.4, -0.2) is 34.4 Å². The molecule has 0 saturated heterocycles. The maximum Gasteiger partial charge on any atom is 0.0717 e. The van der Waals surface area contributed by atoms with Crippen molar-refractivity contribution in [3.63, 3.8) is 0 Å². The van der Waals surface area contributed by atoms with Crippen molar-refractivity contribution in [2.75, 3.05) is 18.1 Å². The molecule has 4 heteroatoms. The molecule has 2 N–H and O–H groups in total. The maximum absolute atomic E-state index is 9.33. The van der Waals surface area contributed by atoms with E-state index in [-0.39, 0.29) is 13.2 Å². The summed E-state index contributed by atoms with van der Waals surface area (Å²) >= 11 is 0. The summed E-state index contributed by atoms with van der Waals surface area (Å²) in [7, 11) is 0. The lowest BCUT2D eigenvalue weighted by Gasteiger charge is -2.33. The lowest BCUT2D eigenvalue weighted by molar-refractivity contribution is 0.279. The molecule has 0 amide bonds. The van der Waals surface area contributed by atoms with Gasteiger partial charge >= 0.3 is 0 Å². The molecule has 0 aliphatic heterocycles. The number of rotatable bonds is 7. The van der Waals surface area contributed by atoms with E-state index in [0.29, 0.717) is 12.6 Å². The molecule has 1 heterocycles. The molecule has 0 aliphatic carbocycles. The van der Waals surface area contributed by atoms with Crippen LogP contribution >= 0.6 is 0 Å². The second-order valence-corrected chi connectivity index (χ2v) is 4.05. The first-order valence-electron chi connectivity index (χ1n) is 6.19. The van der Waals surface area contributed by atoms with Gasteiger partial charge in [-0.25, -0.2) is 0 Å². The minimum absolute atomic E-state index is 0.0226. The monoisotopic (exact) mass is 238 g/mol. The van der Waals surface area contributed by atoms with Gasteiger partial charge in [0.1, 0.15) is 0 Å². The van der Waals surface area contributed by atoms with Gasteiger partial charge < -0.3 is 15.1 Å². The lowest BCUT2D eigenvalue weighted by Crippen LogP contribution is -2.37. The summed E-state index contributed by atoms with van der Waals surface area (Å²) in [6, 6.07) is 2.29. The van der Waals surface area contributed by atoms with Gasteiger partial charge in [0.25, 0.3) is 0 Å². The van der Waals surface area contributed by atoms with Crippen LogP contribution in [0.5, 0.6) is 0 Å². The molecular weight excluding hydrogens is 216 g/mol.